The minimum absolute atomic E-state index is 0.0305. The molecule has 0 amide bonds. The maximum absolute atomic E-state index is 13.8. The number of amidine groups is 2. The number of carbonyl (C=O) groups is 1. The zero-order valence-electron chi connectivity index (χ0n) is 13.4. The smallest absolute Gasteiger partial charge is 0.445 e. The van der Waals surface area contributed by atoms with E-state index in [1.165, 1.54) is 11.0 Å². The number of methoxy groups -OCH3 is 1. The van der Waals surface area contributed by atoms with Crippen molar-refractivity contribution in [3.05, 3.63) is 59.8 Å². The van der Waals surface area contributed by atoms with Gasteiger partial charge in [-0.25, -0.2) is 14.8 Å². The molecule has 0 fully saturated rings. The van der Waals surface area contributed by atoms with Crippen molar-refractivity contribution >= 4 is 17.6 Å². The van der Waals surface area contributed by atoms with Crippen LogP contribution in [0.3, 0.4) is 0 Å². The third-order valence-corrected chi connectivity index (χ3v) is 3.74. The molecule has 0 spiro atoms. The molecule has 5 nitrogen and oxygen atoms in total. The Morgan fingerprint density at radius 3 is 2.44 bits per heavy atom. The Hall–Kier alpha value is -2.90. The molecule has 0 unspecified atom stereocenters. The zero-order chi connectivity index (χ0) is 18.2. The van der Waals surface area contributed by atoms with E-state index in [1.807, 2.05) is 0 Å². The van der Waals surface area contributed by atoms with E-state index in [0.29, 0.717) is 5.56 Å². The van der Waals surface area contributed by atoms with E-state index in [2.05, 4.69) is 14.7 Å². The standard InChI is InChI=1S/C17H14F3N3O2/c1-11-8-9-13-21-16(15(24)25-2,17(18,19)20)22-14(23(13)10-11)12-6-4-3-5-7-12/h3-10H,1-2H3/t16-/m1/s1. The van der Waals surface area contributed by atoms with E-state index in [9.17, 15) is 18.0 Å². The van der Waals surface area contributed by atoms with Crippen LogP contribution in [0, 0.1) is 0 Å². The Kier molecular flexibility index (Phi) is 3.98. The van der Waals surface area contributed by atoms with Gasteiger partial charge in [0, 0.05) is 11.8 Å². The lowest BCUT2D eigenvalue weighted by Crippen LogP contribution is -2.55. The zero-order valence-corrected chi connectivity index (χ0v) is 13.4. The number of nitrogens with zero attached hydrogens (tertiary/aromatic N) is 3. The molecule has 0 bridgehead atoms. The number of hydrogen-bond acceptors (Lipinski definition) is 5. The number of carbonyl (C=O) groups excluding carboxylic acids is 1. The molecule has 0 N–H and O–H groups in total. The van der Waals surface area contributed by atoms with Crippen molar-refractivity contribution in [2.24, 2.45) is 9.98 Å². The molecule has 0 saturated carbocycles. The molecule has 25 heavy (non-hydrogen) atoms. The average molecular weight is 349 g/mol. The predicted octanol–water partition coefficient (Wildman–Crippen LogP) is 3.05. The second-order valence-corrected chi connectivity index (χ2v) is 5.51. The van der Waals surface area contributed by atoms with Crippen LogP contribution in [-0.2, 0) is 9.53 Å². The molecular weight excluding hydrogens is 335 g/mol. The highest BCUT2D eigenvalue weighted by atomic mass is 19.4. The van der Waals surface area contributed by atoms with E-state index < -0.39 is 17.8 Å². The van der Waals surface area contributed by atoms with Gasteiger partial charge >= 0.3 is 17.8 Å². The summed E-state index contributed by atoms with van der Waals surface area (Å²) in [5.41, 5.74) is -2.10. The number of hydrogen-bond donors (Lipinski definition) is 0. The summed E-state index contributed by atoms with van der Waals surface area (Å²) in [5.74, 6) is -1.65. The summed E-state index contributed by atoms with van der Waals surface area (Å²) in [5, 5.41) is 0. The van der Waals surface area contributed by atoms with E-state index in [-0.39, 0.29) is 11.7 Å². The minimum Gasteiger partial charge on any atom is -0.465 e. The summed E-state index contributed by atoms with van der Waals surface area (Å²) in [6.07, 6.45) is -0.413. The van der Waals surface area contributed by atoms with Crippen molar-refractivity contribution < 1.29 is 22.7 Å². The van der Waals surface area contributed by atoms with Gasteiger partial charge in [-0.1, -0.05) is 36.4 Å². The van der Waals surface area contributed by atoms with Crippen LogP contribution in [0.2, 0.25) is 0 Å². The van der Waals surface area contributed by atoms with Gasteiger partial charge in [0.1, 0.15) is 11.7 Å². The largest absolute Gasteiger partial charge is 0.465 e. The second-order valence-electron chi connectivity index (χ2n) is 5.51. The first kappa shape index (κ1) is 16.9. The molecule has 0 aromatic heterocycles. The van der Waals surface area contributed by atoms with Crippen molar-refractivity contribution in [2.75, 3.05) is 7.11 Å². The van der Waals surface area contributed by atoms with Gasteiger partial charge in [-0.2, -0.15) is 13.2 Å². The lowest BCUT2D eigenvalue weighted by molar-refractivity contribution is -0.202. The van der Waals surface area contributed by atoms with Crippen LogP contribution < -0.4 is 0 Å². The Bertz CT molecular complexity index is 825. The molecule has 1 aromatic rings. The number of alkyl halides is 3. The van der Waals surface area contributed by atoms with Gasteiger partial charge in [0.2, 0.25) is 0 Å². The quantitative estimate of drug-likeness (QED) is 0.771. The molecule has 3 rings (SSSR count). The first-order valence-electron chi connectivity index (χ1n) is 7.34. The first-order chi connectivity index (χ1) is 11.8. The van der Waals surface area contributed by atoms with Crippen molar-refractivity contribution in [1.82, 2.24) is 4.90 Å². The van der Waals surface area contributed by atoms with Gasteiger partial charge in [0.25, 0.3) is 0 Å². The molecule has 1 atom stereocenters. The fourth-order valence-corrected chi connectivity index (χ4v) is 2.52. The molecule has 1 aromatic carbocycles. The lowest BCUT2D eigenvalue weighted by atomic mass is 10.1. The second kappa shape index (κ2) is 5.87. The molecule has 8 heteroatoms. The van der Waals surface area contributed by atoms with Gasteiger partial charge in [-0.3, -0.25) is 4.90 Å². The van der Waals surface area contributed by atoms with E-state index in [4.69, 9.17) is 0 Å². The Morgan fingerprint density at radius 1 is 1.16 bits per heavy atom. The first-order valence-corrected chi connectivity index (χ1v) is 7.34. The van der Waals surface area contributed by atoms with Gasteiger partial charge < -0.3 is 4.74 Å². The predicted molar refractivity (Wildman–Crippen MR) is 86.0 cm³/mol. The fraction of sp³-hybridized carbons (Fsp3) is 0.235. The summed E-state index contributed by atoms with van der Waals surface area (Å²) in [6.45, 7) is 1.79. The lowest BCUT2D eigenvalue weighted by Gasteiger charge is -2.36. The van der Waals surface area contributed by atoms with Crippen molar-refractivity contribution in [3.63, 3.8) is 0 Å². The van der Waals surface area contributed by atoms with Crippen LogP contribution in [0.25, 0.3) is 0 Å². The highest BCUT2D eigenvalue weighted by Crippen LogP contribution is 2.40. The molecule has 130 valence electrons. The average Bonchev–Trinajstić information content (AvgIpc) is 2.60. The van der Waals surface area contributed by atoms with Crippen molar-refractivity contribution in [2.45, 2.75) is 18.8 Å². The van der Waals surface area contributed by atoms with Gasteiger partial charge in [0.15, 0.2) is 0 Å². The van der Waals surface area contributed by atoms with Crippen LogP contribution >= 0.6 is 0 Å². The van der Waals surface area contributed by atoms with Crippen LogP contribution in [0.5, 0.6) is 0 Å². The van der Waals surface area contributed by atoms with Crippen LogP contribution in [0.1, 0.15) is 12.5 Å². The summed E-state index contributed by atoms with van der Waals surface area (Å²) in [6, 6.07) is 8.31. The van der Waals surface area contributed by atoms with Crippen LogP contribution in [0.4, 0.5) is 13.2 Å². The molecule has 2 aliphatic rings. The minimum atomic E-state index is -5.05. The SMILES string of the molecule is COC(=O)[C@@]1(C(F)(F)F)N=C2C=CC(C)=CN2C(c2ccccc2)=N1. The molecule has 0 radical (unpaired) electrons. The van der Waals surface area contributed by atoms with Crippen molar-refractivity contribution in [3.8, 4) is 0 Å². The molecule has 2 heterocycles. The van der Waals surface area contributed by atoms with Gasteiger partial charge in [0.05, 0.1) is 7.11 Å². The summed E-state index contributed by atoms with van der Waals surface area (Å²) < 4.78 is 45.7. The maximum atomic E-state index is 13.8. The number of rotatable bonds is 2. The number of aliphatic imine (C=N–C) groups is 2. The normalized spacial score (nSPS) is 22.6. The number of benzene rings is 1. The van der Waals surface area contributed by atoms with Crippen LogP contribution in [0.15, 0.2) is 64.2 Å². The van der Waals surface area contributed by atoms with Gasteiger partial charge in [-0.05, 0) is 18.6 Å². The maximum Gasteiger partial charge on any atom is 0.445 e. The molecule has 0 saturated heterocycles. The number of ether oxygens (including phenoxy) is 1. The topological polar surface area (TPSA) is 54.3 Å². The van der Waals surface area contributed by atoms with Crippen LogP contribution in [-0.4, -0.2) is 41.5 Å². The van der Waals surface area contributed by atoms with Crippen molar-refractivity contribution in [1.29, 1.82) is 0 Å². The number of allylic oxidation sites excluding steroid dienone is 2. The van der Waals surface area contributed by atoms with E-state index >= 15 is 0 Å². The summed E-state index contributed by atoms with van der Waals surface area (Å²) >= 11 is 0. The third kappa shape index (κ3) is 2.73. The number of halogens is 3. The third-order valence-electron chi connectivity index (χ3n) is 3.74. The monoisotopic (exact) mass is 349 g/mol. The molecular formula is C17H14F3N3O2. The summed E-state index contributed by atoms with van der Waals surface area (Å²) in [4.78, 5) is 20.8. The number of esters is 1. The Labute approximate surface area is 141 Å². The van der Waals surface area contributed by atoms with E-state index in [1.54, 1.807) is 49.5 Å². The Balaban J connectivity index is 2.28. The molecule has 0 aliphatic carbocycles. The van der Waals surface area contributed by atoms with E-state index in [0.717, 1.165) is 12.7 Å². The summed E-state index contributed by atoms with van der Waals surface area (Å²) in [7, 11) is 0.876. The molecule has 2 aliphatic heterocycles. The highest BCUT2D eigenvalue weighted by Gasteiger charge is 2.64. The number of fused-ring (bicyclic) bond motifs is 1. The van der Waals surface area contributed by atoms with Gasteiger partial charge in [-0.15, -0.1) is 0 Å². The highest BCUT2D eigenvalue weighted by molar-refractivity contribution is 6.17. The fourth-order valence-electron chi connectivity index (χ4n) is 2.52. The Morgan fingerprint density at radius 2 is 1.84 bits per heavy atom.